The number of anilines is 1. The number of halogens is 4. The van der Waals surface area contributed by atoms with Gasteiger partial charge in [0.1, 0.15) is 15.7 Å². The molecule has 0 bridgehead atoms. The molecule has 1 amide bonds. The van der Waals surface area contributed by atoms with Crippen LogP contribution in [0.2, 0.25) is 20.1 Å². The Bertz CT molecular complexity index is 1250. The van der Waals surface area contributed by atoms with Gasteiger partial charge >= 0.3 is 0 Å². The number of aromatic hydroxyl groups is 1. The first-order valence-electron chi connectivity index (χ1n) is 8.74. The number of benzene rings is 3. The average Bonchev–Trinajstić information content (AvgIpc) is 2.74. The SMILES string of the molecule is Cc1ccc(C(=O)N(c2c(Cl)c(Cl)c(O)c(Cl)c2Cl)S(=O)(=O)c2ccc(C)cc2)cc1. The summed E-state index contributed by atoms with van der Waals surface area (Å²) in [5.41, 5.74) is 1.30. The van der Waals surface area contributed by atoms with Crippen LogP contribution in [0.5, 0.6) is 5.75 Å². The van der Waals surface area contributed by atoms with Crippen LogP contribution >= 0.6 is 46.4 Å². The Kier molecular flexibility index (Phi) is 6.79. The predicted octanol–water partition coefficient (Wildman–Crippen LogP) is 6.66. The van der Waals surface area contributed by atoms with Gasteiger partial charge in [0.2, 0.25) is 0 Å². The van der Waals surface area contributed by atoms with Crippen LogP contribution < -0.4 is 4.31 Å². The third-order valence-corrected chi connectivity index (χ3v) is 7.82. The molecule has 0 atom stereocenters. The minimum absolute atomic E-state index is 0.0636. The number of phenolic OH excluding ortho intramolecular Hbond substituents is 1. The molecule has 0 spiro atoms. The lowest BCUT2D eigenvalue weighted by Gasteiger charge is -2.26. The fourth-order valence-corrected chi connectivity index (χ4v) is 5.29. The second-order valence-electron chi connectivity index (χ2n) is 6.71. The van der Waals surface area contributed by atoms with Gasteiger partial charge in [0.05, 0.1) is 14.9 Å². The number of phenols is 1. The Labute approximate surface area is 199 Å². The molecule has 0 aliphatic heterocycles. The van der Waals surface area contributed by atoms with Crippen LogP contribution in [-0.2, 0) is 10.0 Å². The van der Waals surface area contributed by atoms with Crippen molar-refractivity contribution in [2.45, 2.75) is 18.7 Å². The normalized spacial score (nSPS) is 11.4. The number of carbonyl (C=O) groups is 1. The molecule has 0 radical (unpaired) electrons. The molecule has 3 rings (SSSR count). The third kappa shape index (κ3) is 4.36. The molecule has 3 aromatic rings. The van der Waals surface area contributed by atoms with Crippen LogP contribution in [0, 0.1) is 13.8 Å². The number of hydrogen-bond acceptors (Lipinski definition) is 4. The van der Waals surface area contributed by atoms with Crippen molar-refractivity contribution in [2.75, 3.05) is 4.31 Å². The fourth-order valence-electron chi connectivity index (χ4n) is 2.75. The summed E-state index contributed by atoms with van der Waals surface area (Å²) in [6, 6.07) is 12.1. The quantitative estimate of drug-likeness (QED) is 0.392. The molecule has 10 heteroatoms. The Morgan fingerprint density at radius 3 is 1.65 bits per heavy atom. The van der Waals surface area contributed by atoms with Gasteiger partial charge in [-0.25, -0.2) is 8.42 Å². The number of rotatable bonds is 4. The zero-order chi connectivity index (χ0) is 23.1. The van der Waals surface area contributed by atoms with Crippen LogP contribution in [0.25, 0.3) is 0 Å². The lowest BCUT2D eigenvalue weighted by Crippen LogP contribution is -2.37. The van der Waals surface area contributed by atoms with E-state index in [1.54, 1.807) is 31.2 Å². The van der Waals surface area contributed by atoms with E-state index in [1.807, 2.05) is 6.92 Å². The zero-order valence-electron chi connectivity index (χ0n) is 16.2. The summed E-state index contributed by atoms with van der Waals surface area (Å²) in [6.07, 6.45) is 0. The van der Waals surface area contributed by atoms with Crippen molar-refractivity contribution in [1.82, 2.24) is 0 Å². The van der Waals surface area contributed by atoms with Crippen molar-refractivity contribution in [1.29, 1.82) is 0 Å². The number of amides is 1. The van der Waals surface area contributed by atoms with Crippen LogP contribution in [0.3, 0.4) is 0 Å². The van der Waals surface area contributed by atoms with E-state index in [1.165, 1.54) is 24.3 Å². The van der Waals surface area contributed by atoms with E-state index >= 15 is 0 Å². The molecule has 0 aliphatic rings. The van der Waals surface area contributed by atoms with Gasteiger partial charge in [-0.3, -0.25) is 4.79 Å². The van der Waals surface area contributed by atoms with Gasteiger partial charge in [0, 0.05) is 5.56 Å². The van der Waals surface area contributed by atoms with E-state index in [0.717, 1.165) is 11.1 Å². The summed E-state index contributed by atoms with van der Waals surface area (Å²) in [5.74, 6) is -1.56. The Morgan fingerprint density at radius 2 is 1.19 bits per heavy atom. The summed E-state index contributed by atoms with van der Waals surface area (Å²) in [6.45, 7) is 3.61. The highest BCUT2D eigenvalue weighted by molar-refractivity contribution is 7.93. The summed E-state index contributed by atoms with van der Waals surface area (Å²) in [4.78, 5) is 13.3. The van der Waals surface area contributed by atoms with Crippen molar-refractivity contribution < 1.29 is 18.3 Å². The van der Waals surface area contributed by atoms with Crippen molar-refractivity contribution in [3.05, 3.63) is 85.3 Å². The molecule has 0 unspecified atom stereocenters. The molecule has 3 aromatic carbocycles. The minimum atomic E-state index is -4.50. The van der Waals surface area contributed by atoms with Crippen molar-refractivity contribution >= 4 is 68.0 Å². The average molecular weight is 519 g/mol. The molecule has 31 heavy (non-hydrogen) atoms. The van der Waals surface area contributed by atoms with Crippen molar-refractivity contribution in [3.8, 4) is 5.75 Å². The van der Waals surface area contributed by atoms with E-state index in [0.29, 0.717) is 4.31 Å². The van der Waals surface area contributed by atoms with Gasteiger partial charge in [0.25, 0.3) is 15.9 Å². The van der Waals surface area contributed by atoms with E-state index in [2.05, 4.69) is 0 Å². The van der Waals surface area contributed by atoms with Gasteiger partial charge in [-0.15, -0.1) is 0 Å². The Morgan fingerprint density at radius 1 is 0.774 bits per heavy atom. The van der Waals surface area contributed by atoms with Crippen LogP contribution in [0.4, 0.5) is 5.69 Å². The molecule has 0 aromatic heterocycles. The molecule has 162 valence electrons. The number of sulfonamides is 1. The first-order valence-corrected chi connectivity index (χ1v) is 11.7. The topological polar surface area (TPSA) is 74.7 Å². The second-order valence-corrected chi connectivity index (χ2v) is 10.0. The van der Waals surface area contributed by atoms with Crippen LogP contribution in [-0.4, -0.2) is 19.4 Å². The van der Waals surface area contributed by atoms with Gasteiger partial charge in [-0.1, -0.05) is 81.8 Å². The molecule has 0 saturated heterocycles. The number of nitrogens with zero attached hydrogens (tertiary/aromatic N) is 1. The maximum Gasteiger partial charge on any atom is 0.272 e. The van der Waals surface area contributed by atoms with Gasteiger partial charge in [-0.2, -0.15) is 4.31 Å². The van der Waals surface area contributed by atoms with E-state index in [-0.39, 0.29) is 10.5 Å². The highest BCUT2D eigenvalue weighted by Crippen LogP contribution is 2.50. The number of carbonyl (C=O) groups excluding carboxylic acids is 1. The Balaban J connectivity index is 2.35. The lowest BCUT2D eigenvalue weighted by atomic mass is 10.1. The molecule has 0 saturated carbocycles. The molecule has 0 fully saturated rings. The maximum absolute atomic E-state index is 13.6. The van der Waals surface area contributed by atoms with E-state index < -0.39 is 47.5 Å². The molecule has 1 N–H and O–H groups in total. The maximum atomic E-state index is 13.6. The number of aryl methyl sites for hydroxylation is 2. The van der Waals surface area contributed by atoms with E-state index in [9.17, 15) is 18.3 Å². The fraction of sp³-hybridized carbons (Fsp3) is 0.0952. The summed E-state index contributed by atoms with van der Waals surface area (Å²) < 4.78 is 27.6. The molecule has 5 nitrogen and oxygen atoms in total. The minimum Gasteiger partial charge on any atom is -0.505 e. The van der Waals surface area contributed by atoms with Gasteiger partial charge in [0.15, 0.2) is 5.75 Å². The third-order valence-electron chi connectivity index (χ3n) is 4.46. The highest BCUT2D eigenvalue weighted by Gasteiger charge is 2.37. The standard InChI is InChI=1S/C21H15Cl4NO4S/c1-11-3-7-13(8-4-11)21(28)26(31(29,30)14-9-5-12(2)6-10-14)19-15(22)17(24)20(27)18(25)16(19)23/h3-10,27H,1-2H3. The largest absolute Gasteiger partial charge is 0.505 e. The van der Waals surface area contributed by atoms with Crippen molar-refractivity contribution in [2.24, 2.45) is 0 Å². The first kappa shape index (κ1) is 23.7. The summed E-state index contributed by atoms with van der Waals surface area (Å²) in [7, 11) is -4.50. The second kappa shape index (κ2) is 8.88. The first-order chi connectivity index (χ1) is 14.5. The highest BCUT2D eigenvalue weighted by atomic mass is 35.5. The summed E-state index contributed by atoms with van der Waals surface area (Å²) >= 11 is 24.6. The van der Waals surface area contributed by atoms with Crippen LogP contribution in [0.1, 0.15) is 21.5 Å². The molecular formula is C21H15Cl4NO4S. The molecule has 0 heterocycles. The number of hydrogen-bond donors (Lipinski definition) is 1. The zero-order valence-corrected chi connectivity index (χ0v) is 20.0. The molecular weight excluding hydrogens is 504 g/mol. The predicted molar refractivity (Wildman–Crippen MR) is 125 cm³/mol. The van der Waals surface area contributed by atoms with Crippen molar-refractivity contribution in [3.63, 3.8) is 0 Å². The Hall–Kier alpha value is -1.96. The molecule has 0 aliphatic carbocycles. The van der Waals surface area contributed by atoms with Gasteiger partial charge in [-0.05, 0) is 38.1 Å². The van der Waals surface area contributed by atoms with E-state index in [4.69, 9.17) is 46.4 Å². The smallest absolute Gasteiger partial charge is 0.272 e. The van der Waals surface area contributed by atoms with Crippen LogP contribution in [0.15, 0.2) is 53.4 Å². The van der Waals surface area contributed by atoms with Gasteiger partial charge < -0.3 is 5.11 Å². The monoisotopic (exact) mass is 517 g/mol. The lowest BCUT2D eigenvalue weighted by molar-refractivity contribution is 0.101. The summed E-state index contributed by atoms with van der Waals surface area (Å²) in [5, 5.41) is 8.27.